The second-order valence-electron chi connectivity index (χ2n) is 6.01. The van der Waals surface area contributed by atoms with E-state index in [2.05, 4.69) is 14.5 Å². The average molecular weight is 477 g/mol. The predicted octanol–water partition coefficient (Wildman–Crippen LogP) is 5.61. The number of aromatic nitrogens is 1. The number of nitrogens with zero attached hydrogens (tertiary/aromatic N) is 2. The number of hydrogen-bond acceptors (Lipinski definition) is 4. The highest BCUT2D eigenvalue weighted by Crippen LogP contribution is 2.33. The lowest BCUT2D eigenvalue weighted by Crippen LogP contribution is -2.31. The first-order valence-electron chi connectivity index (χ1n) is 8.23. The summed E-state index contributed by atoms with van der Waals surface area (Å²) in [6, 6.07) is 3.38. The lowest BCUT2D eigenvalue weighted by molar-refractivity contribution is -0.274. The van der Waals surface area contributed by atoms with Gasteiger partial charge < -0.3 is 9.47 Å². The minimum atomic E-state index is -4.99. The highest BCUT2D eigenvalue weighted by atomic mass is 19.4. The fourth-order valence-corrected chi connectivity index (χ4v) is 2.14. The van der Waals surface area contributed by atoms with Gasteiger partial charge in [-0.25, -0.2) is 4.79 Å². The van der Waals surface area contributed by atoms with Gasteiger partial charge in [0.05, 0.1) is 5.56 Å². The van der Waals surface area contributed by atoms with Gasteiger partial charge in [-0.05, 0) is 30.3 Å². The van der Waals surface area contributed by atoms with Gasteiger partial charge >= 0.3 is 24.7 Å². The Bertz CT molecular complexity index is 941. The highest BCUT2D eigenvalue weighted by molar-refractivity contribution is 6.00. The molecule has 32 heavy (non-hydrogen) atoms. The molecule has 0 unspecified atom stereocenters. The first kappa shape index (κ1) is 24.9. The van der Waals surface area contributed by atoms with Crippen molar-refractivity contribution in [1.29, 1.82) is 0 Å². The van der Waals surface area contributed by atoms with E-state index in [1.807, 2.05) is 5.32 Å². The van der Waals surface area contributed by atoms with Gasteiger partial charge in [-0.1, -0.05) is 0 Å². The summed E-state index contributed by atoms with van der Waals surface area (Å²) in [5.74, 6) is -2.39. The molecule has 0 radical (unpaired) electrons. The highest BCUT2D eigenvalue weighted by Gasteiger charge is 2.34. The minimum Gasteiger partial charge on any atom is -0.468 e. The Morgan fingerprint density at radius 2 is 1.59 bits per heavy atom. The molecule has 0 bridgehead atoms. The molecular formula is C17H12F9N3O3. The van der Waals surface area contributed by atoms with Crippen LogP contribution < -0.4 is 19.7 Å². The molecule has 0 atom stereocenters. The average Bonchev–Trinajstić information content (AvgIpc) is 2.63. The van der Waals surface area contributed by atoms with Gasteiger partial charge in [0.1, 0.15) is 11.6 Å². The molecule has 0 aliphatic rings. The third-order valence-electron chi connectivity index (χ3n) is 3.51. The number of hydrogen-bond donors (Lipinski definition) is 1. The molecule has 0 spiro atoms. The molecule has 1 aromatic heterocycles. The Balaban J connectivity index is 2.20. The number of carbonyl (C=O) groups excluding carboxylic acids is 1. The van der Waals surface area contributed by atoms with Crippen molar-refractivity contribution >= 4 is 17.5 Å². The van der Waals surface area contributed by atoms with Crippen molar-refractivity contribution in [1.82, 2.24) is 4.98 Å². The van der Waals surface area contributed by atoms with E-state index in [0.29, 0.717) is 6.07 Å². The third-order valence-corrected chi connectivity index (χ3v) is 3.51. The van der Waals surface area contributed by atoms with Crippen LogP contribution in [0.5, 0.6) is 11.6 Å². The molecule has 2 amide bonds. The molecule has 2 aromatic rings. The number of carbonyl (C=O) groups is 1. The Morgan fingerprint density at radius 1 is 1.00 bits per heavy atom. The zero-order valence-electron chi connectivity index (χ0n) is 15.7. The van der Waals surface area contributed by atoms with Crippen molar-refractivity contribution in [3.05, 3.63) is 42.0 Å². The topological polar surface area (TPSA) is 63.7 Å². The van der Waals surface area contributed by atoms with Crippen LogP contribution in [0.25, 0.3) is 0 Å². The third kappa shape index (κ3) is 7.70. The van der Waals surface area contributed by atoms with Crippen LogP contribution in [-0.4, -0.2) is 37.2 Å². The molecule has 1 aromatic carbocycles. The van der Waals surface area contributed by atoms with Crippen molar-refractivity contribution in [2.75, 3.05) is 23.9 Å². The summed E-state index contributed by atoms with van der Waals surface area (Å²) in [4.78, 5) is 16.5. The van der Waals surface area contributed by atoms with E-state index in [4.69, 9.17) is 0 Å². The van der Waals surface area contributed by atoms with Gasteiger partial charge in [0.15, 0.2) is 6.61 Å². The number of urea groups is 1. The SMILES string of the molecule is CN(C(=O)Nc1cc(C(F)(F)F)cc(OCC(F)(F)F)n1)c1ccc(OC(F)(F)F)cc1. The van der Waals surface area contributed by atoms with Gasteiger partial charge in [0, 0.05) is 18.8 Å². The zero-order chi connectivity index (χ0) is 24.3. The second-order valence-corrected chi connectivity index (χ2v) is 6.01. The lowest BCUT2D eigenvalue weighted by Gasteiger charge is -2.19. The van der Waals surface area contributed by atoms with Crippen LogP contribution in [0.4, 0.5) is 55.8 Å². The maximum atomic E-state index is 13.0. The molecule has 176 valence electrons. The standard InChI is InChI=1S/C17H12F9N3O3/c1-29(10-2-4-11(5-3-10)32-17(24,25)26)14(30)28-12-6-9(16(21,22)23)7-13(27-12)31-8-15(18,19)20/h2-7H,8H2,1H3,(H,27,28,30). The van der Waals surface area contributed by atoms with E-state index in [1.54, 1.807) is 0 Å². The first-order chi connectivity index (χ1) is 14.5. The molecular weight excluding hydrogens is 465 g/mol. The molecule has 0 fully saturated rings. The van der Waals surface area contributed by atoms with Crippen LogP contribution in [0.3, 0.4) is 0 Å². The number of anilines is 2. The Kier molecular flexibility index (Phi) is 7.00. The zero-order valence-corrected chi connectivity index (χ0v) is 15.7. The van der Waals surface area contributed by atoms with Gasteiger partial charge in [-0.15, -0.1) is 13.2 Å². The fourth-order valence-electron chi connectivity index (χ4n) is 2.14. The first-order valence-corrected chi connectivity index (χ1v) is 8.23. The number of rotatable bonds is 5. The molecule has 1 heterocycles. The summed E-state index contributed by atoms with van der Waals surface area (Å²) in [6.07, 6.45) is -14.8. The number of halogens is 9. The molecule has 0 aliphatic carbocycles. The molecule has 1 N–H and O–H groups in total. The molecule has 0 saturated carbocycles. The van der Waals surface area contributed by atoms with Gasteiger partial charge in [-0.2, -0.15) is 31.3 Å². The van der Waals surface area contributed by atoms with Crippen LogP contribution in [0.15, 0.2) is 36.4 Å². The molecule has 2 rings (SSSR count). The minimum absolute atomic E-state index is 0.0116. The number of nitrogens with one attached hydrogen (secondary N) is 1. The van der Waals surface area contributed by atoms with Crippen LogP contribution in [0, 0.1) is 0 Å². The maximum absolute atomic E-state index is 13.0. The number of alkyl halides is 9. The number of benzene rings is 1. The van der Waals surface area contributed by atoms with Crippen LogP contribution in [0.1, 0.15) is 5.56 Å². The molecule has 0 aliphatic heterocycles. The summed E-state index contributed by atoms with van der Waals surface area (Å²) in [7, 11) is 1.13. The van der Waals surface area contributed by atoms with E-state index in [0.717, 1.165) is 36.2 Å². The van der Waals surface area contributed by atoms with Gasteiger partial charge in [0.2, 0.25) is 5.88 Å². The molecule has 0 saturated heterocycles. The largest absolute Gasteiger partial charge is 0.573 e. The normalized spacial score (nSPS) is 12.3. The second kappa shape index (κ2) is 9.00. The Morgan fingerprint density at radius 3 is 2.09 bits per heavy atom. The van der Waals surface area contributed by atoms with Gasteiger partial charge in [0.25, 0.3) is 0 Å². The molecule has 15 heteroatoms. The van der Waals surface area contributed by atoms with Crippen molar-refractivity contribution in [3.63, 3.8) is 0 Å². The van der Waals surface area contributed by atoms with Crippen LogP contribution in [0.2, 0.25) is 0 Å². The van der Waals surface area contributed by atoms with Crippen LogP contribution in [-0.2, 0) is 6.18 Å². The van der Waals surface area contributed by atoms with E-state index < -0.39 is 54.4 Å². The number of ether oxygens (including phenoxy) is 2. The van der Waals surface area contributed by atoms with Crippen molar-refractivity contribution in [2.45, 2.75) is 18.7 Å². The van der Waals surface area contributed by atoms with E-state index in [1.165, 1.54) is 0 Å². The van der Waals surface area contributed by atoms with E-state index >= 15 is 0 Å². The predicted molar refractivity (Wildman–Crippen MR) is 91.3 cm³/mol. The maximum Gasteiger partial charge on any atom is 0.573 e. The van der Waals surface area contributed by atoms with E-state index in [9.17, 15) is 44.3 Å². The summed E-state index contributed by atoms with van der Waals surface area (Å²) in [5.41, 5.74) is -1.42. The van der Waals surface area contributed by atoms with Crippen molar-refractivity contribution in [3.8, 4) is 11.6 Å². The monoisotopic (exact) mass is 477 g/mol. The quantitative estimate of drug-likeness (QED) is 0.569. The lowest BCUT2D eigenvalue weighted by atomic mass is 10.2. The number of pyridine rings is 1. The van der Waals surface area contributed by atoms with Crippen molar-refractivity contribution in [2.24, 2.45) is 0 Å². The number of amides is 2. The smallest absolute Gasteiger partial charge is 0.468 e. The summed E-state index contributed by atoms with van der Waals surface area (Å²) in [6.45, 7) is -1.92. The van der Waals surface area contributed by atoms with E-state index in [-0.39, 0.29) is 11.8 Å². The van der Waals surface area contributed by atoms with Gasteiger partial charge in [-0.3, -0.25) is 10.2 Å². The fraction of sp³-hybridized carbons (Fsp3) is 0.294. The summed E-state index contributed by atoms with van der Waals surface area (Å²) >= 11 is 0. The Hall–Kier alpha value is -3.39. The van der Waals surface area contributed by atoms with Crippen LogP contribution >= 0.6 is 0 Å². The summed E-state index contributed by atoms with van der Waals surface area (Å²) in [5, 5.41) is 1.95. The Labute approximate surface area is 173 Å². The molecule has 6 nitrogen and oxygen atoms in total. The summed E-state index contributed by atoms with van der Waals surface area (Å²) < 4.78 is 120. The van der Waals surface area contributed by atoms with Crippen molar-refractivity contribution < 1.29 is 53.8 Å².